The van der Waals surface area contributed by atoms with Crippen LogP contribution in [0.5, 0.6) is 0 Å². The van der Waals surface area contributed by atoms with Gasteiger partial charge in [0.25, 0.3) is 5.91 Å². The van der Waals surface area contributed by atoms with Crippen LogP contribution in [-0.2, 0) is 14.6 Å². The molecule has 1 aliphatic rings. The van der Waals surface area contributed by atoms with Gasteiger partial charge in [-0.25, -0.2) is 8.42 Å². The van der Waals surface area contributed by atoms with Crippen molar-refractivity contribution in [3.8, 4) is 0 Å². The number of benzene rings is 1. The highest BCUT2D eigenvalue weighted by Crippen LogP contribution is 2.28. The van der Waals surface area contributed by atoms with Crippen LogP contribution in [-0.4, -0.2) is 49.1 Å². The van der Waals surface area contributed by atoms with Crippen molar-refractivity contribution < 1.29 is 23.1 Å². The number of rotatable bonds is 5. The number of carbonyl (C=O) groups excluding carboxylic acids is 1. The van der Waals surface area contributed by atoms with E-state index in [1.54, 1.807) is 13.0 Å². The molecule has 1 aromatic carbocycles. The zero-order valence-corrected chi connectivity index (χ0v) is 12.7. The number of carbonyl (C=O) groups is 2. The minimum absolute atomic E-state index is 0.0587. The molecule has 0 aromatic heterocycles. The van der Waals surface area contributed by atoms with Crippen molar-refractivity contribution in [1.29, 1.82) is 0 Å². The topological polar surface area (TPSA) is 91.8 Å². The second kappa shape index (κ2) is 5.48. The molecule has 1 aromatic rings. The third-order valence-electron chi connectivity index (χ3n) is 3.39. The molecule has 0 radical (unpaired) electrons. The van der Waals surface area contributed by atoms with Gasteiger partial charge < -0.3 is 10.0 Å². The fourth-order valence-corrected chi connectivity index (χ4v) is 3.19. The number of sulfone groups is 1. The standard InChI is InChI=1S/C14H17NO5S/c1-9-3-4-10(7-12(9)21(2,19)20)14(18)15(8-13(16)17)11-5-6-11/h3-4,7,11H,5-6,8H2,1-2H3,(H,16,17). The van der Waals surface area contributed by atoms with Crippen LogP contribution in [0.25, 0.3) is 0 Å². The van der Waals surface area contributed by atoms with Crippen molar-refractivity contribution in [2.45, 2.75) is 30.7 Å². The second-order valence-corrected chi connectivity index (χ2v) is 7.29. The monoisotopic (exact) mass is 311 g/mol. The van der Waals surface area contributed by atoms with E-state index in [1.807, 2.05) is 0 Å². The van der Waals surface area contributed by atoms with E-state index < -0.39 is 21.7 Å². The third-order valence-corrected chi connectivity index (χ3v) is 4.63. The highest BCUT2D eigenvalue weighted by Gasteiger charge is 2.34. The van der Waals surface area contributed by atoms with E-state index in [2.05, 4.69) is 0 Å². The Kier molecular flexibility index (Phi) is 4.04. The molecule has 7 heteroatoms. The molecule has 0 atom stereocenters. The molecule has 0 spiro atoms. The summed E-state index contributed by atoms with van der Waals surface area (Å²) in [6.45, 7) is 1.28. The molecular weight excluding hydrogens is 294 g/mol. The van der Waals surface area contributed by atoms with Gasteiger partial charge in [-0.2, -0.15) is 0 Å². The highest BCUT2D eigenvalue weighted by molar-refractivity contribution is 7.90. The van der Waals surface area contributed by atoms with Gasteiger partial charge in [-0.05, 0) is 37.5 Å². The van der Waals surface area contributed by atoms with Gasteiger partial charge in [-0.15, -0.1) is 0 Å². The summed E-state index contributed by atoms with van der Waals surface area (Å²) in [7, 11) is -3.43. The molecule has 1 aliphatic carbocycles. The fourth-order valence-electron chi connectivity index (χ4n) is 2.20. The molecule has 0 aliphatic heterocycles. The minimum atomic E-state index is -3.43. The van der Waals surface area contributed by atoms with Crippen LogP contribution in [0.4, 0.5) is 0 Å². The Morgan fingerprint density at radius 3 is 2.43 bits per heavy atom. The lowest BCUT2D eigenvalue weighted by atomic mass is 10.1. The molecule has 6 nitrogen and oxygen atoms in total. The number of carboxylic acids is 1. The Bertz CT molecular complexity index is 691. The number of amides is 1. The van der Waals surface area contributed by atoms with Gasteiger partial charge in [-0.1, -0.05) is 6.07 Å². The Hall–Kier alpha value is -1.89. The van der Waals surface area contributed by atoms with E-state index in [4.69, 9.17) is 5.11 Å². The average molecular weight is 311 g/mol. The van der Waals surface area contributed by atoms with Gasteiger partial charge in [-0.3, -0.25) is 9.59 Å². The zero-order valence-electron chi connectivity index (χ0n) is 11.9. The van der Waals surface area contributed by atoms with Crippen molar-refractivity contribution in [3.05, 3.63) is 29.3 Å². The maximum atomic E-state index is 12.4. The molecule has 1 amide bonds. The second-order valence-electron chi connectivity index (χ2n) is 5.31. The van der Waals surface area contributed by atoms with E-state index in [9.17, 15) is 18.0 Å². The first kappa shape index (κ1) is 15.5. The number of aliphatic carboxylic acids is 1. The number of hydrogen-bond acceptors (Lipinski definition) is 4. The number of nitrogens with zero attached hydrogens (tertiary/aromatic N) is 1. The number of carboxylic acid groups (broad SMARTS) is 1. The Morgan fingerprint density at radius 2 is 1.95 bits per heavy atom. The molecule has 0 unspecified atom stereocenters. The first-order chi connectivity index (χ1) is 9.70. The van der Waals surface area contributed by atoms with Crippen LogP contribution in [0.15, 0.2) is 23.1 Å². The molecule has 114 valence electrons. The molecule has 0 bridgehead atoms. The normalized spacial score (nSPS) is 14.8. The van der Waals surface area contributed by atoms with E-state index in [0.717, 1.165) is 19.1 Å². The summed E-state index contributed by atoms with van der Waals surface area (Å²) < 4.78 is 23.4. The number of aryl methyl sites for hydroxylation is 1. The van der Waals surface area contributed by atoms with Crippen molar-refractivity contribution in [1.82, 2.24) is 4.90 Å². The lowest BCUT2D eigenvalue weighted by Crippen LogP contribution is -2.37. The quantitative estimate of drug-likeness (QED) is 0.878. The van der Waals surface area contributed by atoms with Gasteiger partial charge in [0.1, 0.15) is 6.54 Å². The molecule has 2 rings (SSSR count). The van der Waals surface area contributed by atoms with E-state index in [0.29, 0.717) is 5.56 Å². The summed E-state index contributed by atoms with van der Waals surface area (Å²) in [5.74, 6) is -1.52. The maximum Gasteiger partial charge on any atom is 0.323 e. The smallest absolute Gasteiger partial charge is 0.323 e. The molecule has 21 heavy (non-hydrogen) atoms. The summed E-state index contributed by atoms with van der Waals surface area (Å²) in [5, 5.41) is 8.89. The summed E-state index contributed by atoms with van der Waals surface area (Å²) >= 11 is 0. The molecule has 1 fully saturated rings. The minimum Gasteiger partial charge on any atom is -0.480 e. The third kappa shape index (κ3) is 3.60. The molecule has 1 saturated carbocycles. The van der Waals surface area contributed by atoms with Crippen LogP contribution < -0.4 is 0 Å². The van der Waals surface area contributed by atoms with Crippen molar-refractivity contribution >= 4 is 21.7 Å². The summed E-state index contributed by atoms with van der Waals surface area (Å²) in [5.41, 5.74) is 0.763. The van der Waals surface area contributed by atoms with Gasteiger partial charge in [0.15, 0.2) is 9.84 Å². The van der Waals surface area contributed by atoms with E-state index in [1.165, 1.54) is 17.0 Å². The van der Waals surface area contributed by atoms with E-state index >= 15 is 0 Å². The lowest BCUT2D eigenvalue weighted by Gasteiger charge is -2.20. The molecule has 0 saturated heterocycles. The first-order valence-electron chi connectivity index (χ1n) is 6.53. The van der Waals surface area contributed by atoms with Gasteiger partial charge in [0.2, 0.25) is 0 Å². The highest BCUT2D eigenvalue weighted by atomic mass is 32.2. The lowest BCUT2D eigenvalue weighted by molar-refractivity contribution is -0.137. The summed E-state index contributed by atoms with van der Waals surface area (Å²) in [6.07, 6.45) is 2.65. The van der Waals surface area contributed by atoms with Crippen LogP contribution in [0.1, 0.15) is 28.8 Å². The van der Waals surface area contributed by atoms with Gasteiger partial charge in [0, 0.05) is 17.9 Å². The fraction of sp³-hybridized carbons (Fsp3) is 0.429. The molecular formula is C14H17NO5S. The predicted molar refractivity (Wildman–Crippen MR) is 76.0 cm³/mol. The van der Waals surface area contributed by atoms with Crippen LogP contribution in [0, 0.1) is 6.92 Å². The first-order valence-corrected chi connectivity index (χ1v) is 8.43. The van der Waals surface area contributed by atoms with Crippen LogP contribution >= 0.6 is 0 Å². The van der Waals surface area contributed by atoms with Crippen molar-refractivity contribution in [2.24, 2.45) is 0 Å². The van der Waals surface area contributed by atoms with Crippen LogP contribution in [0.3, 0.4) is 0 Å². The van der Waals surface area contributed by atoms with Crippen LogP contribution in [0.2, 0.25) is 0 Å². The SMILES string of the molecule is Cc1ccc(C(=O)N(CC(=O)O)C2CC2)cc1S(C)(=O)=O. The largest absolute Gasteiger partial charge is 0.480 e. The zero-order chi connectivity index (χ0) is 15.8. The number of hydrogen-bond donors (Lipinski definition) is 1. The average Bonchev–Trinajstić information content (AvgIpc) is 3.18. The van der Waals surface area contributed by atoms with Gasteiger partial charge in [0.05, 0.1) is 4.90 Å². The van der Waals surface area contributed by atoms with Crippen molar-refractivity contribution in [3.63, 3.8) is 0 Å². The maximum absolute atomic E-state index is 12.4. The molecule has 0 heterocycles. The Labute approximate surface area is 123 Å². The predicted octanol–water partition coefficient (Wildman–Crippen LogP) is 1.09. The van der Waals surface area contributed by atoms with Gasteiger partial charge >= 0.3 is 5.97 Å². The Balaban J connectivity index is 2.36. The van der Waals surface area contributed by atoms with Crippen molar-refractivity contribution in [2.75, 3.05) is 12.8 Å². The summed E-state index contributed by atoms with van der Waals surface area (Å²) in [6, 6.07) is 4.36. The van der Waals surface area contributed by atoms with E-state index in [-0.39, 0.29) is 23.0 Å². The Morgan fingerprint density at radius 1 is 1.33 bits per heavy atom. The summed E-state index contributed by atoms with van der Waals surface area (Å²) in [4.78, 5) is 24.7. The molecule has 1 N–H and O–H groups in total.